The number of benzene rings is 1. The Labute approximate surface area is 109 Å². The van der Waals surface area contributed by atoms with Gasteiger partial charge in [-0.05, 0) is 24.6 Å². The zero-order chi connectivity index (χ0) is 13.8. The third-order valence-corrected chi connectivity index (χ3v) is 3.00. The Kier molecular flexibility index (Phi) is 3.99. The maximum absolute atomic E-state index is 13.6. The average Bonchev–Trinajstić information content (AvgIpc) is 2.37. The van der Waals surface area contributed by atoms with Crippen molar-refractivity contribution < 1.29 is 23.8 Å². The SMILES string of the molecule is O=C1CC(COc2ccc(C(=O)O)cc2F)CCN1. The average molecular weight is 267 g/mol. The van der Waals surface area contributed by atoms with Crippen LogP contribution in [0, 0.1) is 11.7 Å². The molecule has 1 aliphatic heterocycles. The Morgan fingerprint density at radius 2 is 2.32 bits per heavy atom. The Morgan fingerprint density at radius 1 is 1.53 bits per heavy atom. The third kappa shape index (κ3) is 3.43. The molecule has 1 aromatic rings. The van der Waals surface area contributed by atoms with Gasteiger partial charge in [-0.3, -0.25) is 4.79 Å². The predicted octanol–water partition coefficient (Wildman–Crippen LogP) is 1.43. The number of nitrogens with one attached hydrogen (secondary N) is 1. The molecule has 1 heterocycles. The van der Waals surface area contributed by atoms with E-state index in [2.05, 4.69) is 5.32 Å². The van der Waals surface area contributed by atoms with E-state index in [1.165, 1.54) is 12.1 Å². The van der Waals surface area contributed by atoms with E-state index in [9.17, 15) is 14.0 Å². The number of carboxylic acid groups (broad SMARTS) is 1. The molecule has 19 heavy (non-hydrogen) atoms. The standard InChI is InChI=1S/C13H14FNO4/c14-10-6-9(13(17)18)1-2-11(10)19-7-8-3-4-15-12(16)5-8/h1-2,6,8H,3-5,7H2,(H,15,16)(H,17,18). The van der Waals surface area contributed by atoms with Crippen LogP contribution in [0.5, 0.6) is 5.75 Å². The fraction of sp³-hybridized carbons (Fsp3) is 0.385. The fourth-order valence-corrected chi connectivity index (χ4v) is 1.95. The van der Waals surface area contributed by atoms with E-state index in [1.54, 1.807) is 0 Å². The molecular formula is C13H14FNO4. The van der Waals surface area contributed by atoms with Gasteiger partial charge in [0.25, 0.3) is 0 Å². The summed E-state index contributed by atoms with van der Waals surface area (Å²) in [5, 5.41) is 11.4. The number of halogens is 1. The minimum Gasteiger partial charge on any atom is -0.490 e. The van der Waals surface area contributed by atoms with Crippen LogP contribution in [0.2, 0.25) is 0 Å². The summed E-state index contributed by atoms with van der Waals surface area (Å²) in [6.07, 6.45) is 1.16. The number of hydrogen-bond acceptors (Lipinski definition) is 3. The molecular weight excluding hydrogens is 253 g/mol. The molecule has 0 saturated carbocycles. The largest absolute Gasteiger partial charge is 0.490 e. The van der Waals surface area contributed by atoms with Crippen molar-refractivity contribution in [3.05, 3.63) is 29.6 Å². The van der Waals surface area contributed by atoms with Crippen LogP contribution in [0.25, 0.3) is 0 Å². The quantitative estimate of drug-likeness (QED) is 0.865. The number of carboxylic acids is 1. The number of piperidine rings is 1. The summed E-state index contributed by atoms with van der Waals surface area (Å²) in [7, 11) is 0. The first-order valence-electron chi connectivity index (χ1n) is 5.98. The molecule has 0 aromatic heterocycles. The minimum atomic E-state index is -1.19. The van der Waals surface area contributed by atoms with Gasteiger partial charge in [-0.1, -0.05) is 0 Å². The third-order valence-electron chi connectivity index (χ3n) is 3.00. The number of carbonyl (C=O) groups is 2. The molecule has 1 saturated heterocycles. The molecule has 2 N–H and O–H groups in total. The minimum absolute atomic E-state index is 0.0102. The Hall–Kier alpha value is -2.11. The van der Waals surface area contributed by atoms with E-state index in [0.717, 1.165) is 12.5 Å². The molecule has 102 valence electrons. The molecule has 6 heteroatoms. The van der Waals surface area contributed by atoms with Crippen molar-refractivity contribution in [1.29, 1.82) is 0 Å². The first-order chi connectivity index (χ1) is 9.06. The molecule has 0 aliphatic carbocycles. The van der Waals surface area contributed by atoms with Gasteiger partial charge in [0, 0.05) is 18.9 Å². The van der Waals surface area contributed by atoms with Gasteiger partial charge in [0.05, 0.1) is 12.2 Å². The highest BCUT2D eigenvalue weighted by Gasteiger charge is 2.20. The van der Waals surface area contributed by atoms with Crippen LogP contribution in [-0.2, 0) is 4.79 Å². The van der Waals surface area contributed by atoms with Gasteiger partial charge in [-0.15, -0.1) is 0 Å². The molecule has 2 rings (SSSR count). The Bertz CT molecular complexity index is 503. The fourth-order valence-electron chi connectivity index (χ4n) is 1.95. The lowest BCUT2D eigenvalue weighted by Crippen LogP contribution is -2.35. The molecule has 1 aliphatic rings. The highest BCUT2D eigenvalue weighted by molar-refractivity contribution is 5.87. The van der Waals surface area contributed by atoms with E-state index in [1.807, 2.05) is 0 Å². The van der Waals surface area contributed by atoms with E-state index >= 15 is 0 Å². The second kappa shape index (κ2) is 5.69. The van der Waals surface area contributed by atoms with Crippen LogP contribution in [0.3, 0.4) is 0 Å². The number of hydrogen-bond donors (Lipinski definition) is 2. The number of aromatic carboxylic acids is 1. The summed E-state index contributed by atoms with van der Waals surface area (Å²) < 4.78 is 18.9. The van der Waals surface area contributed by atoms with Gasteiger partial charge in [-0.25, -0.2) is 9.18 Å². The molecule has 0 bridgehead atoms. The second-order valence-electron chi connectivity index (χ2n) is 4.47. The predicted molar refractivity (Wildman–Crippen MR) is 64.6 cm³/mol. The molecule has 1 unspecified atom stereocenters. The van der Waals surface area contributed by atoms with Crippen LogP contribution in [0.1, 0.15) is 23.2 Å². The maximum Gasteiger partial charge on any atom is 0.335 e. The highest BCUT2D eigenvalue weighted by Crippen LogP contribution is 2.21. The lowest BCUT2D eigenvalue weighted by atomic mass is 9.99. The lowest BCUT2D eigenvalue weighted by molar-refractivity contribution is -0.123. The zero-order valence-corrected chi connectivity index (χ0v) is 10.2. The second-order valence-corrected chi connectivity index (χ2v) is 4.47. The van der Waals surface area contributed by atoms with Gasteiger partial charge in [0.2, 0.25) is 5.91 Å². The van der Waals surface area contributed by atoms with Crippen molar-refractivity contribution >= 4 is 11.9 Å². The van der Waals surface area contributed by atoms with Crippen molar-refractivity contribution in [3.63, 3.8) is 0 Å². The first-order valence-corrected chi connectivity index (χ1v) is 5.98. The van der Waals surface area contributed by atoms with E-state index in [-0.39, 0.29) is 29.7 Å². The summed E-state index contributed by atoms with van der Waals surface area (Å²) in [5.74, 6) is -1.85. The van der Waals surface area contributed by atoms with Gasteiger partial charge >= 0.3 is 5.97 Å². The van der Waals surface area contributed by atoms with Crippen LogP contribution < -0.4 is 10.1 Å². The number of ether oxygens (including phenoxy) is 1. The van der Waals surface area contributed by atoms with Crippen molar-refractivity contribution in [2.75, 3.05) is 13.2 Å². The molecule has 1 amide bonds. The molecule has 0 spiro atoms. The van der Waals surface area contributed by atoms with Crippen molar-refractivity contribution in [3.8, 4) is 5.75 Å². The number of amides is 1. The number of rotatable bonds is 4. The Balaban J connectivity index is 1.96. The summed E-state index contributed by atoms with van der Waals surface area (Å²) in [5.41, 5.74) is -0.123. The van der Waals surface area contributed by atoms with Crippen LogP contribution in [0.15, 0.2) is 18.2 Å². The highest BCUT2D eigenvalue weighted by atomic mass is 19.1. The molecule has 5 nitrogen and oxygen atoms in total. The molecule has 1 fully saturated rings. The normalized spacial score (nSPS) is 18.8. The molecule has 1 aromatic carbocycles. The van der Waals surface area contributed by atoms with Crippen LogP contribution >= 0.6 is 0 Å². The summed E-state index contributed by atoms with van der Waals surface area (Å²) >= 11 is 0. The van der Waals surface area contributed by atoms with E-state index < -0.39 is 11.8 Å². The molecule has 0 radical (unpaired) electrons. The number of carbonyl (C=O) groups excluding carboxylic acids is 1. The lowest BCUT2D eigenvalue weighted by Gasteiger charge is -2.22. The Morgan fingerprint density at radius 3 is 2.95 bits per heavy atom. The van der Waals surface area contributed by atoms with Gasteiger partial charge in [-0.2, -0.15) is 0 Å². The van der Waals surface area contributed by atoms with E-state index in [0.29, 0.717) is 13.0 Å². The summed E-state index contributed by atoms with van der Waals surface area (Å²) in [4.78, 5) is 21.8. The van der Waals surface area contributed by atoms with E-state index in [4.69, 9.17) is 9.84 Å². The van der Waals surface area contributed by atoms with Gasteiger partial charge in [0.1, 0.15) is 0 Å². The van der Waals surface area contributed by atoms with Gasteiger partial charge in [0.15, 0.2) is 11.6 Å². The topological polar surface area (TPSA) is 75.6 Å². The maximum atomic E-state index is 13.6. The summed E-state index contributed by atoms with van der Waals surface area (Å²) in [6, 6.07) is 3.50. The van der Waals surface area contributed by atoms with Gasteiger partial charge < -0.3 is 15.2 Å². The van der Waals surface area contributed by atoms with Crippen molar-refractivity contribution in [1.82, 2.24) is 5.32 Å². The zero-order valence-electron chi connectivity index (χ0n) is 10.2. The molecule has 1 atom stereocenters. The first kappa shape index (κ1) is 13.3. The monoisotopic (exact) mass is 267 g/mol. The smallest absolute Gasteiger partial charge is 0.335 e. The van der Waals surface area contributed by atoms with Crippen LogP contribution in [-0.4, -0.2) is 30.1 Å². The van der Waals surface area contributed by atoms with Crippen molar-refractivity contribution in [2.24, 2.45) is 5.92 Å². The van der Waals surface area contributed by atoms with Crippen LogP contribution in [0.4, 0.5) is 4.39 Å². The van der Waals surface area contributed by atoms with Crippen molar-refractivity contribution in [2.45, 2.75) is 12.8 Å². The summed E-state index contributed by atoms with van der Waals surface area (Å²) in [6.45, 7) is 0.851.